The summed E-state index contributed by atoms with van der Waals surface area (Å²) in [5.74, 6) is -2.03. The fourth-order valence-corrected chi connectivity index (χ4v) is 2.22. The maximum absolute atomic E-state index is 13.2. The Bertz CT molecular complexity index is 1010. The molecular formula is C18H12F3N3O5. The van der Waals surface area contributed by atoms with E-state index in [1.807, 2.05) is 11.4 Å². The van der Waals surface area contributed by atoms with Crippen LogP contribution in [0.5, 0.6) is 0 Å². The van der Waals surface area contributed by atoms with Crippen LogP contribution in [0.15, 0.2) is 42.5 Å². The predicted octanol–water partition coefficient (Wildman–Crippen LogP) is 3.67. The summed E-state index contributed by atoms with van der Waals surface area (Å²) in [6, 6.07) is 9.09. The molecule has 0 fully saturated rings. The Kier molecular flexibility index (Phi) is 6.18. The highest BCUT2D eigenvalue weighted by molar-refractivity contribution is 5.98. The van der Waals surface area contributed by atoms with Crippen LogP contribution in [0.4, 0.5) is 24.5 Å². The van der Waals surface area contributed by atoms with Gasteiger partial charge in [0.1, 0.15) is 0 Å². The highest BCUT2D eigenvalue weighted by atomic mass is 19.4. The van der Waals surface area contributed by atoms with Crippen molar-refractivity contribution in [2.45, 2.75) is 19.2 Å². The number of alkyl halides is 3. The minimum Gasteiger partial charge on any atom is -0.449 e. The van der Waals surface area contributed by atoms with E-state index in [4.69, 9.17) is 10.00 Å². The van der Waals surface area contributed by atoms with Crippen LogP contribution in [-0.2, 0) is 15.7 Å². The molecule has 150 valence electrons. The molecule has 29 heavy (non-hydrogen) atoms. The first-order valence-electron chi connectivity index (χ1n) is 7.90. The third-order valence-corrected chi connectivity index (χ3v) is 3.66. The zero-order chi connectivity index (χ0) is 21.8. The standard InChI is InChI=1S/C18H12F3N3O5/c1-10(29-17(26)12-4-2-3-11(7-12)9-22)16(25)23-15-6-5-13(24(27)28)8-14(15)18(19,20)21/h2-8,10H,1H3,(H,23,25)/t10-/m0/s1. The van der Waals surface area contributed by atoms with Gasteiger partial charge >= 0.3 is 12.1 Å². The van der Waals surface area contributed by atoms with E-state index in [0.717, 1.165) is 19.1 Å². The van der Waals surface area contributed by atoms with Crippen molar-refractivity contribution in [1.29, 1.82) is 5.26 Å². The fraction of sp³-hybridized carbons (Fsp3) is 0.167. The molecule has 0 radical (unpaired) electrons. The average Bonchev–Trinajstić information content (AvgIpc) is 2.67. The maximum atomic E-state index is 13.2. The number of nitro benzene ring substituents is 1. The highest BCUT2D eigenvalue weighted by Crippen LogP contribution is 2.37. The average molecular weight is 407 g/mol. The molecule has 0 aliphatic carbocycles. The number of carbonyl (C=O) groups excluding carboxylic acids is 2. The summed E-state index contributed by atoms with van der Waals surface area (Å²) in [6.45, 7) is 1.14. The van der Waals surface area contributed by atoms with Gasteiger partial charge in [0.2, 0.25) is 0 Å². The SMILES string of the molecule is C[C@H](OC(=O)c1cccc(C#N)c1)C(=O)Nc1ccc([N+](=O)[O-])cc1C(F)(F)F. The summed E-state index contributed by atoms with van der Waals surface area (Å²) >= 11 is 0. The van der Waals surface area contributed by atoms with Crippen LogP contribution in [0.3, 0.4) is 0 Å². The van der Waals surface area contributed by atoms with Crippen LogP contribution >= 0.6 is 0 Å². The van der Waals surface area contributed by atoms with Crippen LogP contribution in [-0.4, -0.2) is 22.9 Å². The van der Waals surface area contributed by atoms with E-state index in [9.17, 15) is 32.9 Å². The Balaban J connectivity index is 2.18. The molecule has 2 rings (SSSR count). The summed E-state index contributed by atoms with van der Waals surface area (Å²) in [5.41, 5.74) is -2.78. The van der Waals surface area contributed by atoms with Crippen LogP contribution in [0.25, 0.3) is 0 Å². The molecule has 0 aliphatic heterocycles. The van der Waals surface area contributed by atoms with Crippen LogP contribution < -0.4 is 5.32 Å². The number of nitrogens with zero attached hydrogens (tertiary/aromatic N) is 2. The second kappa shape index (κ2) is 8.39. The normalized spacial score (nSPS) is 11.8. The molecule has 11 heteroatoms. The number of rotatable bonds is 5. The number of non-ortho nitro benzene ring substituents is 1. The zero-order valence-corrected chi connectivity index (χ0v) is 14.7. The van der Waals surface area contributed by atoms with Crippen molar-refractivity contribution in [3.05, 3.63) is 69.3 Å². The summed E-state index contributed by atoms with van der Waals surface area (Å²) in [7, 11) is 0. The van der Waals surface area contributed by atoms with E-state index in [1.165, 1.54) is 24.3 Å². The Morgan fingerprint density at radius 2 is 1.93 bits per heavy atom. The number of hydrogen-bond donors (Lipinski definition) is 1. The van der Waals surface area contributed by atoms with Gasteiger partial charge in [0.25, 0.3) is 11.6 Å². The van der Waals surface area contributed by atoms with Gasteiger partial charge in [0.15, 0.2) is 6.10 Å². The van der Waals surface area contributed by atoms with Gasteiger partial charge in [-0.15, -0.1) is 0 Å². The monoisotopic (exact) mass is 407 g/mol. The predicted molar refractivity (Wildman–Crippen MR) is 92.8 cm³/mol. The lowest BCUT2D eigenvalue weighted by Gasteiger charge is -2.17. The van der Waals surface area contributed by atoms with Crippen molar-refractivity contribution < 1.29 is 32.4 Å². The van der Waals surface area contributed by atoms with Gasteiger partial charge in [0, 0.05) is 12.1 Å². The zero-order valence-electron chi connectivity index (χ0n) is 14.7. The van der Waals surface area contributed by atoms with Gasteiger partial charge < -0.3 is 10.1 Å². The van der Waals surface area contributed by atoms with Crippen molar-refractivity contribution in [3.8, 4) is 6.07 Å². The second-order valence-corrected chi connectivity index (χ2v) is 5.71. The second-order valence-electron chi connectivity index (χ2n) is 5.71. The highest BCUT2D eigenvalue weighted by Gasteiger charge is 2.36. The number of ether oxygens (including phenoxy) is 1. The van der Waals surface area contributed by atoms with Gasteiger partial charge in [-0.25, -0.2) is 4.79 Å². The number of carbonyl (C=O) groups is 2. The van der Waals surface area contributed by atoms with E-state index in [-0.39, 0.29) is 11.1 Å². The molecule has 0 saturated carbocycles. The molecule has 0 bridgehead atoms. The summed E-state index contributed by atoms with van der Waals surface area (Å²) in [4.78, 5) is 33.9. The first-order chi connectivity index (χ1) is 13.5. The number of nitriles is 1. The molecule has 0 heterocycles. The third kappa shape index (κ3) is 5.29. The van der Waals surface area contributed by atoms with Gasteiger partial charge in [-0.2, -0.15) is 18.4 Å². The van der Waals surface area contributed by atoms with Crippen LogP contribution in [0, 0.1) is 21.4 Å². The quantitative estimate of drug-likeness (QED) is 0.458. The lowest BCUT2D eigenvalue weighted by Crippen LogP contribution is -2.30. The number of hydrogen-bond acceptors (Lipinski definition) is 6. The molecule has 8 nitrogen and oxygen atoms in total. The van der Waals surface area contributed by atoms with Crippen LogP contribution in [0.1, 0.15) is 28.4 Å². The minimum absolute atomic E-state index is 0.0185. The number of halogens is 3. The molecule has 1 N–H and O–H groups in total. The number of nitro groups is 1. The lowest BCUT2D eigenvalue weighted by atomic mass is 10.1. The Labute approximate surface area is 161 Å². The van der Waals surface area contributed by atoms with Crippen molar-refractivity contribution in [1.82, 2.24) is 0 Å². The fourth-order valence-electron chi connectivity index (χ4n) is 2.22. The topological polar surface area (TPSA) is 122 Å². The third-order valence-electron chi connectivity index (χ3n) is 3.66. The maximum Gasteiger partial charge on any atom is 0.418 e. The van der Waals surface area contributed by atoms with Crippen molar-refractivity contribution in [2.24, 2.45) is 0 Å². The van der Waals surface area contributed by atoms with Crippen LogP contribution in [0.2, 0.25) is 0 Å². The first-order valence-corrected chi connectivity index (χ1v) is 7.90. The van der Waals surface area contributed by atoms with Crippen molar-refractivity contribution in [2.75, 3.05) is 5.32 Å². The summed E-state index contributed by atoms with van der Waals surface area (Å²) in [6.07, 6.45) is -6.45. The van der Waals surface area contributed by atoms with E-state index in [0.29, 0.717) is 6.07 Å². The van der Waals surface area contributed by atoms with E-state index >= 15 is 0 Å². The number of anilines is 1. The molecule has 0 unspecified atom stereocenters. The molecule has 0 aromatic heterocycles. The van der Waals surface area contributed by atoms with Gasteiger partial charge in [-0.05, 0) is 31.2 Å². The number of benzene rings is 2. The first kappa shape index (κ1) is 21.4. The molecule has 0 aliphatic rings. The van der Waals surface area contributed by atoms with Gasteiger partial charge in [-0.1, -0.05) is 6.07 Å². The largest absolute Gasteiger partial charge is 0.449 e. The number of nitrogens with one attached hydrogen (secondary N) is 1. The molecule has 2 aromatic rings. The lowest BCUT2D eigenvalue weighted by molar-refractivity contribution is -0.385. The van der Waals surface area contributed by atoms with Gasteiger partial charge in [0.05, 0.1) is 33.4 Å². The molecule has 0 saturated heterocycles. The van der Waals surface area contributed by atoms with Crippen molar-refractivity contribution in [3.63, 3.8) is 0 Å². The molecule has 1 atom stereocenters. The molecular weight excluding hydrogens is 395 g/mol. The molecule has 2 aromatic carbocycles. The Hall–Kier alpha value is -3.94. The molecule has 1 amide bonds. The number of esters is 1. The smallest absolute Gasteiger partial charge is 0.418 e. The van der Waals surface area contributed by atoms with Gasteiger partial charge in [-0.3, -0.25) is 14.9 Å². The van der Waals surface area contributed by atoms with E-state index in [2.05, 4.69) is 0 Å². The Morgan fingerprint density at radius 1 is 1.24 bits per heavy atom. The minimum atomic E-state index is -4.97. The van der Waals surface area contributed by atoms with E-state index in [1.54, 1.807) is 0 Å². The summed E-state index contributed by atoms with van der Waals surface area (Å²) < 4.78 is 44.4. The molecule has 0 spiro atoms. The van der Waals surface area contributed by atoms with Crippen molar-refractivity contribution >= 4 is 23.3 Å². The van der Waals surface area contributed by atoms with E-state index < -0.39 is 46.0 Å². The number of amides is 1. The summed E-state index contributed by atoms with van der Waals surface area (Å²) in [5, 5.41) is 21.5. The Morgan fingerprint density at radius 3 is 2.52 bits per heavy atom.